The van der Waals surface area contributed by atoms with Crippen molar-refractivity contribution in [2.45, 2.75) is 39.0 Å². The number of likely N-dealkylation sites (tertiary alicyclic amines) is 1. The second kappa shape index (κ2) is 7.15. The summed E-state index contributed by atoms with van der Waals surface area (Å²) >= 11 is 0. The van der Waals surface area contributed by atoms with Crippen molar-refractivity contribution in [2.24, 2.45) is 5.41 Å². The summed E-state index contributed by atoms with van der Waals surface area (Å²) in [4.78, 5) is 25.3. The standard InChI is InChI=1S/C17H27N5O/c1-2-3-8-20-16(23)22-12-7-17(14-22)6-4-11-21(13-17)15-18-9-5-10-19-15/h5,9-10H,2-4,6-8,11-14H2,1H3,(H,20,23)/t17-/m1/s1. The Morgan fingerprint density at radius 2 is 2.09 bits per heavy atom. The van der Waals surface area contributed by atoms with E-state index in [2.05, 4.69) is 27.1 Å². The van der Waals surface area contributed by atoms with Crippen LogP contribution in [0.3, 0.4) is 0 Å². The number of hydrogen-bond acceptors (Lipinski definition) is 4. The fourth-order valence-corrected chi connectivity index (χ4v) is 3.76. The predicted molar refractivity (Wildman–Crippen MR) is 90.4 cm³/mol. The summed E-state index contributed by atoms with van der Waals surface area (Å²) in [6, 6.07) is 1.95. The summed E-state index contributed by atoms with van der Waals surface area (Å²) in [6.07, 6.45) is 9.16. The van der Waals surface area contributed by atoms with E-state index in [1.165, 1.54) is 6.42 Å². The van der Waals surface area contributed by atoms with Crippen LogP contribution in [0.4, 0.5) is 10.7 Å². The quantitative estimate of drug-likeness (QED) is 0.866. The fraction of sp³-hybridized carbons (Fsp3) is 0.706. The van der Waals surface area contributed by atoms with E-state index in [1.807, 2.05) is 11.0 Å². The van der Waals surface area contributed by atoms with Crippen LogP contribution in [0, 0.1) is 5.41 Å². The zero-order chi connectivity index (χ0) is 16.1. The molecule has 1 aromatic rings. The number of nitrogens with one attached hydrogen (secondary N) is 1. The molecular formula is C17H27N5O. The van der Waals surface area contributed by atoms with E-state index in [1.54, 1.807) is 12.4 Å². The Balaban J connectivity index is 1.59. The molecule has 0 radical (unpaired) electrons. The average Bonchev–Trinajstić information content (AvgIpc) is 2.99. The number of nitrogens with zero attached hydrogens (tertiary/aromatic N) is 4. The minimum Gasteiger partial charge on any atom is -0.340 e. The number of carbonyl (C=O) groups excluding carboxylic acids is 1. The van der Waals surface area contributed by atoms with Crippen LogP contribution in [-0.4, -0.2) is 53.6 Å². The van der Waals surface area contributed by atoms with E-state index in [9.17, 15) is 4.79 Å². The molecule has 3 rings (SSSR count). The number of unbranched alkanes of at least 4 members (excludes halogenated alkanes) is 1. The van der Waals surface area contributed by atoms with Gasteiger partial charge in [-0.25, -0.2) is 14.8 Å². The van der Waals surface area contributed by atoms with E-state index in [0.29, 0.717) is 0 Å². The molecule has 0 unspecified atom stereocenters. The number of amides is 2. The number of rotatable bonds is 4. The molecule has 6 nitrogen and oxygen atoms in total. The lowest BCUT2D eigenvalue weighted by molar-refractivity contribution is 0.191. The van der Waals surface area contributed by atoms with Crippen LogP contribution in [0.15, 0.2) is 18.5 Å². The van der Waals surface area contributed by atoms with Gasteiger partial charge < -0.3 is 15.1 Å². The highest BCUT2D eigenvalue weighted by atomic mass is 16.2. The van der Waals surface area contributed by atoms with Gasteiger partial charge in [0.25, 0.3) is 0 Å². The number of aromatic nitrogens is 2. The van der Waals surface area contributed by atoms with Gasteiger partial charge in [0.15, 0.2) is 0 Å². The van der Waals surface area contributed by atoms with Gasteiger partial charge in [-0.3, -0.25) is 0 Å². The van der Waals surface area contributed by atoms with E-state index in [-0.39, 0.29) is 11.4 Å². The summed E-state index contributed by atoms with van der Waals surface area (Å²) in [5.41, 5.74) is 0.208. The Kier molecular flexibility index (Phi) is 4.98. The molecule has 3 heterocycles. The predicted octanol–water partition coefficient (Wildman–Crippen LogP) is 2.28. The van der Waals surface area contributed by atoms with Crippen molar-refractivity contribution >= 4 is 12.0 Å². The van der Waals surface area contributed by atoms with Gasteiger partial charge >= 0.3 is 6.03 Å². The van der Waals surface area contributed by atoms with Crippen LogP contribution < -0.4 is 10.2 Å². The Hall–Kier alpha value is -1.85. The van der Waals surface area contributed by atoms with Gasteiger partial charge in [0.2, 0.25) is 5.95 Å². The van der Waals surface area contributed by atoms with Gasteiger partial charge in [-0.05, 0) is 31.7 Å². The van der Waals surface area contributed by atoms with Crippen LogP contribution in [0.25, 0.3) is 0 Å². The summed E-state index contributed by atoms with van der Waals surface area (Å²) in [6.45, 7) is 6.60. The van der Waals surface area contributed by atoms with Crippen LogP contribution in [0.1, 0.15) is 39.0 Å². The van der Waals surface area contributed by atoms with Gasteiger partial charge in [-0.15, -0.1) is 0 Å². The third kappa shape index (κ3) is 3.74. The van der Waals surface area contributed by atoms with Crippen molar-refractivity contribution in [1.82, 2.24) is 20.2 Å². The van der Waals surface area contributed by atoms with E-state index >= 15 is 0 Å². The Morgan fingerprint density at radius 1 is 1.26 bits per heavy atom. The first-order chi connectivity index (χ1) is 11.2. The van der Waals surface area contributed by atoms with Gasteiger partial charge in [-0.1, -0.05) is 13.3 Å². The molecule has 1 aromatic heterocycles. The van der Waals surface area contributed by atoms with E-state index in [0.717, 1.165) is 64.4 Å². The molecule has 23 heavy (non-hydrogen) atoms. The monoisotopic (exact) mass is 317 g/mol. The van der Waals surface area contributed by atoms with E-state index < -0.39 is 0 Å². The maximum atomic E-state index is 12.3. The number of piperidine rings is 1. The van der Waals surface area contributed by atoms with Crippen LogP contribution in [0.5, 0.6) is 0 Å². The SMILES string of the molecule is CCCCNC(=O)N1CC[C@@]2(CCCN(c3ncccn3)C2)C1. The molecule has 6 heteroatoms. The van der Waals surface area contributed by atoms with Crippen molar-refractivity contribution < 1.29 is 4.79 Å². The molecule has 2 aliphatic heterocycles. The molecule has 0 aromatic carbocycles. The first-order valence-corrected chi connectivity index (χ1v) is 8.77. The van der Waals surface area contributed by atoms with Gasteiger partial charge in [-0.2, -0.15) is 0 Å². The summed E-state index contributed by atoms with van der Waals surface area (Å²) in [5, 5.41) is 3.04. The lowest BCUT2D eigenvalue weighted by Crippen LogP contribution is -2.47. The first kappa shape index (κ1) is 16.0. The molecule has 1 atom stereocenters. The number of urea groups is 1. The second-order valence-electron chi connectivity index (χ2n) is 6.83. The fourth-order valence-electron chi connectivity index (χ4n) is 3.76. The zero-order valence-electron chi connectivity index (χ0n) is 14.0. The summed E-state index contributed by atoms with van der Waals surface area (Å²) in [7, 11) is 0. The molecule has 2 fully saturated rings. The molecule has 2 aliphatic rings. The lowest BCUT2D eigenvalue weighted by Gasteiger charge is -2.40. The number of anilines is 1. The molecule has 2 amide bonds. The van der Waals surface area contributed by atoms with E-state index in [4.69, 9.17) is 0 Å². The largest absolute Gasteiger partial charge is 0.340 e. The third-order valence-electron chi connectivity index (χ3n) is 5.03. The highest BCUT2D eigenvalue weighted by Crippen LogP contribution is 2.39. The van der Waals surface area contributed by atoms with Crippen molar-refractivity contribution in [3.05, 3.63) is 18.5 Å². The molecule has 1 N–H and O–H groups in total. The van der Waals surface area contributed by atoms with Gasteiger partial charge in [0, 0.05) is 50.5 Å². The van der Waals surface area contributed by atoms with Gasteiger partial charge in [0.05, 0.1) is 0 Å². The number of carbonyl (C=O) groups is 1. The highest BCUT2D eigenvalue weighted by Gasteiger charge is 2.43. The zero-order valence-corrected chi connectivity index (χ0v) is 14.0. The Labute approximate surface area is 138 Å². The molecule has 2 saturated heterocycles. The topological polar surface area (TPSA) is 61.4 Å². The molecule has 1 spiro atoms. The second-order valence-corrected chi connectivity index (χ2v) is 6.83. The van der Waals surface area contributed by atoms with Crippen molar-refractivity contribution in [3.63, 3.8) is 0 Å². The average molecular weight is 317 g/mol. The summed E-state index contributed by atoms with van der Waals surface area (Å²) < 4.78 is 0. The lowest BCUT2D eigenvalue weighted by atomic mass is 9.79. The Morgan fingerprint density at radius 3 is 2.87 bits per heavy atom. The molecule has 0 saturated carbocycles. The normalized spacial score (nSPS) is 24.2. The molecule has 126 valence electrons. The first-order valence-electron chi connectivity index (χ1n) is 8.77. The van der Waals surface area contributed by atoms with Crippen molar-refractivity contribution in [3.8, 4) is 0 Å². The maximum Gasteiger partial charge on any atom is 0.317 e. The smallest absolute Gasteiger partial charge is 0.317 e. The van der Waals surface area contributed by atoms with Crippen molar-refractivity contribution in [1.29, 1.82) is 0 Å². The van der Waals surface area contributed by atoms with Crippen LogP contribution >= 0.6 is 0 Å². The highest BCUT2D eigenvalue weighted by molar-refractivity contribution is 5.74. The number of hydrogen-bond donors (Lipinski definition) is 1. The summed E-state index contributed by atoms with van der Waals surface area (Å²) in [5.74, 6) is 0.817. The third-order valence-corrected chi connectivity index (χ3v) is 5.03. The van der Waals surface area contributed by atoms with Crippen LogP contribution in [-0.2, 0) is 0 Å². The van der Waals surface area contributed by atoms with Gasteiger partial charge in [0.1, 0.15) is 0 Å². The van der Waals surface area contributed by atoms with Crippen LogP contribution in [0.2, 0.25) is 0 Å². The molecular weight excluding hydrogens is 290 g/mol. The molecule has 0 aliphatic carbocycles. The maximum absolute atomic E-state index is 12.3. The van der Waals surface area contributed by atoms with Crippen molar-refractivity contribution in [2.75, 3.05) is 37.6 Å². The minimum absolute atomic E-state index is 0.100. The minimum atomic E-state index is 0.100. The molecule has 0 bridgehead atoms. The Bertz CT molecular complexity index is 523.